The van der Waals surface area contributed by atoms with Crippen LogP contribution in [0.15, 0.2) is 23.1 Å². The smallest absolute Gasteiger partial charge is 0.269 e. The van der Waals surface area contributed by atoms with Crippen molar-refractivity contribution in [2.45, 2.75) is 18.2 Å². The van der Waals surface area contributed by atoms with Crippen LogP contribution in [0.25, 0.3) is 0 Å². The van der Waals surface area contributed by atoms with Crippen LogP contribution in [-0.4, -0.2) is 33.0 Å². The zero-order valence-corrected chi connectivity index (χ0v) is 11.9. The highest BCUT2D eigenvalue weighted by molar-refractivity contribution is 7.89. The Labute approximate surface area is 117 Å². The van der Waals surface area contributed by atoms with Crippen LogP contribution in [0.4, 0.5) is 5.69 Å². The average Bonchev–Trinajstić information content (AvgIpc) is 2.89. The van der Waals surface area contributed by atoms with Gasteiger partial charge in [0.05, 0.1) is 9.82 Å². The lowest BCUT2D eigenvalue weighted by Gasteiger charge is -2.12. The van der Waals surface area contributed by atoms with Crippen LogP contribution in [-0.2, 0) is 10.0 Å². The highest BCUT2D eigenvalue weighted by Gasteiger charge is 2.22. The van der Waals surface area contributed by atoms with Crippen molar-refractivity contribution in [3.63, 3.8) is 0 Å². The van der Waals surface area contributed by atoms with E-state index in [2.05, 4.69) is 10.0 Å². The number of hydrogen-bond donors (Lipinski definition) is 2. The molecule has 1 unspecified atom stereocenters. The Morgan fingerprint density at radius 2 is 2.25 bits per heavy atom. The molecule has 110 valence electrons. The number of hydrogen-bond acceptors (Lipinski definition) is 5. The van der Waals surface area contributed by atoms with E-state index in [1.807, 2.05) is 0 Å². The summed E-state index contributed by atoms with van der Waals surface area (Å²) < 4.78 is 26.9. The second-order valence-electron chi connectivity index (χ2n) is 4.92. The summed E-state index contributed by atoms with van der Waals surface area (Å²) in [5.41, 5.74) is 0.262. The van der Waals surface area contributed by atoms with Gasteiger partial charge in [-0.05, 0) is 44.0 Å². The van der Waals surface area contributed by atoms with E-state index < -0.39 is 14.9 Å². The molecule has 1 atom stereocenters. The van der Waals surface area contributed by atoms with Gasteiger partial charge in [-0.2, -0.15) is 0 Å². The normalized spacial score (nSPS) is 19.1. The van der Waals surface area contributed by atoms with Crippen molar-refractivity contribution in [3.8, 4) is 0 Å². The fraction of sp³-hybridized carbons (Fsp3) is 0.500. The second kappa shape index (κ2) is 5.86. The molecule has 0 aliphatic carbocycles. The predicted molar refractivity (Wildman–Crippen MR) is 74.0 cm³/mol. The molecule has 0 aromatic heterocycles. The molecular formula is C12H17N3O4S. The van der Waals surface area contributed by atoms with Gasteiger partial charge in [0.15, 0.2) is 0 Å². The number of sulfonamides is 1. The molecule has 0 radical (unpaired) electrons. The van der Waals surface area contributed by atoms with Gasteiger partial charge in [-0.3, -0.25) is 10.1 Å². The zero-order chi connectivity index (χ0) is 14.8. The first-order valence-electron chi connectivity index (χ1n) is 6.35. The monoisotopic (exact) mass is 299 g/mol. The molecular weight excluding hydrogens is 282 g/mol. The number of nitro groups is 1. The Morgan fingerprint density at radius 3 is 2.80 bits per heavy atom. The van der Waals surface area contributed by atoms with Crippen LogP contribution in [0.5, 0.6) is 0 Å². The molecule has 8 heteroatoms. The van der Waals surface area contributed by atoms with Crippen molar-refractivity contribution in [2.75, 3.05) is 19.6 Å². The fourth-order valence-corrected chi connectivity index (χ4v) is 3.58. The van der Waals surface area contributed by atoms with E-state index in [1.165, 1.54) is 18.2 Å². The van der Waals surface area contributed by atoms with Crippen molar-refractivity contribution in [1.29, 1.82) is 0 Å². The zero-order valence-electron chi connectivity index (χ0n) is 11.1. The van der Waals surface area contributed by atoms with Gasteiger partial charge in [-0.1, -0.05) is 0 Å². The first-order chi connectivity index (χ1) is 9.40. The first kappa shape index (κ1) is 14.9. The summed E-state index contributed by atoms with van der Waals surface area (Å²) in [4.78, 5) is 10.2. The predicted octanol–water partition coefficient (Wildman–Crippen LogP) is 0.791. The van der Waals surface area contributed by atoms with Gasteiger partial charge in [0.25, 0.3) is 5.69 Å². The van der Waals surface area contributed by atoms with Crippen molar-refractivity contribution in [2.24, 2.45) is 5.92 Å². The maximum atomic E-state index is 12.2. The van der Waals surface area contributed by atoms with Gasteiger partial charge in [-0.15, -0.1) is 0 Å². The van der Waals surface area contributed by atoms with Crippen molar-refractivity contribution in [3.05, 3.63) is 33.9 Å². The summed E-state index contributed by atoms with van der Waals surface area (Å²) in [7, 11) is -3.62. The van der Waals surface area contributed by atoms with E-state index in [1.54, 1.807) is 6.92 Å². The standard InChI is InChI=1S/C12H17N3O4S/c1-9-6-11(15(16)17)2-3-12(9)20(18,19)14-8-10-4-5-13-7-10/h2-3,6,10,13-14H,4-5,7-8H2,1H3. The van der Waals surface area contributed by atoms with Crippen LogP contribution in [0, 0.1) is 23.0 Å². The Kier molecular flexibility index (Phi) is 4.36. The molecule has 1 fully saturated rings. The van der Waals surface area contributed by atoms with Gasteiger partial charge in [0.1, 0.15) is 0 Å². The fourth-order valence-electron chi connectivity index (χ4n) is 2.24. The number of aryl methyl sites for hydroxylation is 1. The number of nitrogens with zero attached hydrogens (tertiary/aromatic N) is 1. The summed E-state index contributed by atoms with van der Waals surface area (Å²) in [6.45, 7) is 3.65. The number of non-ortho nitro benzene ring substituents is 1. The van der Waals surface area contributed by atoms with E-state index in [-0.39, 0.29) is 10.6 Å². The lowest BCUT2D eigenvalue weighted by atomic mass is 10.1. The maximum absolute atomic E-state index is 12.2. The first-order valence-corrected chi connectivity index (χ1v) is 7.84. The van der Waals surface area contributed by atoms with Crippen LogP contribution in [0.2, 0.25) is 0 Å². The number of nitrogens with one attached hydrogen (secondary N) is 2. The molecule has 1 aromatic carbocycles. The molecule has 20 heavy (non-hydrogen) atoms. The van der Waals surface area contributed by atoms with E-state index in [4.69, 9.17) is 0 Å². The SMILES string of the molecule is Cc1cc([N+](=O)[O-])ccc1S(=O)(=O)NCC1CCNC1. The average molecular weight is 299 g/mol. The summed E-state index contributed by atoms with van der Waals surface area (Å²) in [5.74, 6) is 0.295. The molecule has 1 saturated heterocycles. The number of rotatable bonds is 5. The minimum absolute atomic E-state index is 0.0917. The molecule has 1 heterocycles. The lowest BCUT2D eigenvalue weighted by molar-refractivity contribution is -0.385. The van der Waals surface area contributed by atoms with Crippen LogP contribution in [0.1, 0.15) is 12.0 Å². The largest absolute Gasteiger partial charge is 0.316 e. The third kappa shape index (κ3) is 3.33. The third-order valence-corrected chi connectivity index (χ3v) is 4.97. The molecule has 1 aliphatic heterocycles. The second-order valence-corrected chi connectivity index (χ2v) is 6.65. The van der Waals surface area contributed by atoms with Gasteiger partial charge in [0.2, 0.25) is 10.0 Å². The minimum atomic E-state index is -3.62. The number of nitro benzene ring substituents is 1. The summed E-state index contributed by atoms with van der Waals surface area (Å²) in [5, 5.41) is 13.8. The van der Waals surface area contributed by atoms with E-state index in [0.29, 0.717) is 18.0 Å². The van der Waals surface area contributed by atoms with Gasteiger partial charge >= 0.3 is 0 Å². The molecule has 0 saturated carbocycles. The molecule has 2 N–H and O–H groups in total. The molecule has 0 spiro atoms. The Bertz CT molecular complexity index is 609. The lowest BCUT2D eigenvalue weighted by Crippen LogP contribution is -2.30. The third-order valence-electron chi connectivity index (χ3n) is 3.38. The van der Waals surface area contributed by atoms with Gasteiger partial charge in [-0.25, -0.2) is 13.1 Å². The van der Waals surface area contributed by atoms with E-state index >= 15 is 0 Å². The highest BCUT2D eigenvalue weighted by Crippen LogP contribution is 2.21. The molecule has 0 bridgehead atoms. The van der Waals surface area contributed by atoms with E-state index in [0.717, 1.165) is 19.5 Å². The van der Waals surface area contributed by atoms with Crippen LogP contribution < -0.4 is 10.0 Å². The van der Waals surface area contributed by atoms with E-state index in [9.17, 15) is 18.5 Å². The van der Waals surface area contributed by atoms with Crippen molar-refractivity contribution < 1.29 is 13.3 Å². The van der Waals surface area contributed by atoms with Gasteiger partial charge in [0, 0.05) is 18.7 Å². The molecule has 0 amide bonds. The van der Waals surface area contributed by atoms with Crippen LogP contribution >= 0.6 is 0 Å². The minimum Gasteiger partial charge on any atom is -0.316 e. The van der Waals surface area contributed by atoms with Crippen molar-refractivity contribution in [1.82, 2.24) is 10.0 Å². The topological polar surface area (TPSA) is 101 Å². The maximum Gasteiger partial charge on any atom is 0.269 e. The number of benzene rings is 1. The van der Waals surface area contributed by atoms with Gasteiger partial charge < -0.3 is 5.32 Å². The summed E-state index contributed by atoms with van der Waals surface area (Å²) in [6.07, 6.45) is 0.946. The Hall–Kier alpha value is -1.51. The Morgan fingerprint density at radius 1 is 1.50 bits per heavy atom. The Balaban J connectivity index is 2.14. The van der Waals surface area contributed by atoms with Crippen LogP contribution in [0.3, 0.4) is 0 Å². The molecule has 1 aromatic rings. The molecule has 2 rings (SSSR count). The van der Waals surface area contributed by atoms with Crippen molar-refractivity contribution >= 4 is 15.7 Å². The molecule has 7 nitrogen and oxygen atoms in total. The highest BCUT2D eigenvalue weighted by atomic mass is 32.2. The summed E-state index contributed by atoms with van der Waals surface area (Å²) in [6, 6.07) is 3.76. The quantitative estimate of drug-likeness (QED) is 0.618. The summed E-state index contributed by atoms with van der Waals surface area (Å²) >= 11 is 0. The molecule has 1 aliphatic rings.